The van der Waals surface area contributed by atoms with E-state index in [0.29, 0.717) is 20.9 Å². The Labute approximate surface area is 217 Å². The summed E-state index contributed by atoms with van der Waals surface area (Å²) in [6.07, 6.45) is -8.10. The molecule has 0 radical (unpaired) electrons. The molecule has 0 fully saturated rings. The van der Waals surface area contributed by atoms with Crippen LogP contribution in [0.4, 0.5) is 33.3 Å². The molecule has 4 aromatic rings. The SMILES string of the molecule is Cc1ccc(-c2cc(C(F)F)nc3sc(C(N)=O)c(NC(=O)Cn4nc(C(F)(F)F)c([N+](=O)[O-])c4C)c23)s1. The standard InChI is InChI=1S/C21H15F5N6O4S2/c1-7-3-4-11(37-7)9-5-10(18(22)23)28-20-13(9)14(16(38-20)19(27)34)29-12(33)6-31-8(2)15(32(35)36)17(30-31)21(24,25)26/h3-5,18H,6H2,1-2H3,(H2,27,34)(H,29,33). The molecule has 0 unspecified atom stereocenters. The maximum atomic E-state index is 13.6. The van der Waals surface area contributed by atoms with Gasteiger partial charge >= 0.3 is 11.9 Å². The molecule has 3 N–H and O–H groups in total. The molecule has 4 heterocycles. The first-order chi connectivity index (χ1) is 17.7. The number of aromatic nitrogens is 3. The number of rotatable bonds is 7. The third-order valence-corrected chi connectivity index (χ3v) is 7.45. The van der Waals surface area contributed by atoms with Gasteiger partial charge in [0.25, 0.3) is 12.3 Å². The second-order valence-electron chi connectivity index (χ2n) is 7.90. The van der Waals surface area contributed by atoms with E-state index >= 15 is 0 Å². The second-order valence-corrected chi connectivity index (χ2v) is 10.2. The minimum absolute atomic E-state index is 0.0294. The van der Waals surface area contributed by atoms with E-state index in [-0.39, 0.29) is 26.3 Å². The van der Waals surface area contributed by atoms with E-state index in [1.807, 2.05) is 0 Å². The van der Waals surface area contributed by atoms with Gasteiger partial charge in [-0.1, -0.05) is 0 Å². The number of carbonyl (C=O) groups is 2. The molecule has 4 aromatic heterocycles. The Morgan fingerprint density at radius 1 is 1.24 bits per heavy atom. The minimum atomic E-state index is -5.15. The highest BCUT2D eigenvalue weighted by Gasteiger charge is 2.44. The van der Waals surface area contributed by atoms with Crippen LogP contribution in [0.1, 0.15) is 38.1 Å². The van der Waals surface area contributed by atoms with Crippen LogP contribution in [0.15, 0.2) is 18.2 Å². The Bertz CT molecular complexity index is 1610. The lowest BCUT2D eigenvalue weighted by atomic mass is 10.1. The summed E-state index contributed by atoms with van der Waals surface area (Å²) in [5.74, 6) is -2.02. The molecule has 0 aliphatic carbocycles. The summed E-state index contributed by atoms with van der Waals surface area (Å²) in [4.78, 5) is 40.0. The fourth-order valence-electron chi connectivity index (χ4n) is 3.71. The van der Waals surface area contributed by atoms with Crippen molar-refractivity contribution in [2.24, 2.45) is 5.73 Å². The van der Waals surface area contributed by atoms with Crippen molar-refractivity contribution in [3.8, 4) is 10.4 Å². The average Bonchev–Trinajstić information content (AvgIpc) is 3.49. The van der Waals surface area contributed by atoms with E-state index in [1.165, 1.54) is 11.3 Å². The summed E-state index contributed by atoms with van der Waals surface area (Å²) in [7, 11) is 0. The number of hydrogen-bond donors (Lipinski definition) is 2. The number of nitro groups is 1. The van der Waals surface area contributed by atoms with Gasteiger partial charge in [-0.2, -0.15) is 18.3 Å². The zero-order chi connectivity index (χ0) is 28.1. The van der Waals surface area contributed by atoms with Gasteiger partial charge in [0.15, 0.2) is 0 Å². The third kappa shape index (κ3) is 4.93. The maximum absolute atomic E-state index is 13.6. The van der Waals surface area contributed by atoms with E-state index in [1.54, 1.807) is 19.1 Å². The summed E-state index contributed by atoms with van der Waals surface area (Å²) in [5.41, 5.74) is 1.33. The highest BCUT2D eigenvalue weighted by molar-refractivity contribution is 7.21. The Kier molecular flexibility index (Phi) is 6.92. The molecule has 2 amide bonds. The molecular formula is C21H15F5N6O4S2. The predicted octanol–water partition coefficient (Wildman–Crippen LogP) is 5.44. The lowest BCUT2D eigenvalue weighted by Gasteiger charge is -2.10. The summed E-state index contributed by atoms with van der Waals surface area (Å²) in [6, 6.07) is 4.50. The maximum Gasteiger partial charge on any atom is 0.442 e. The number of nitrogens with one attached hydrogen (secondary N) is 1. The van der Waals surface area contributed by atoms with Crippen LogP contribution in [-0.2, 0) is 17.5 Å². The van der Waals surface area contributed by atoms with E-state index in [0.717, 1.165) is 17.9 Å². The van der Waals surface area contributed by atoms with E-state index < -0.39 is 58.7 Å². The van der Waals surface area contributed by atoms with E-state index in [9.17, 15) is 41.7 Å². The molecule has 0 aliphatic rings. The summed E-state index contributed by atoms with van der Waals surface area (Å²) in [5, 5.41) is 16.9. The molecule has 0 aromatic carbocycles. The second kappa shape index (κ2) is 9.71. The first kappa shape index (κ1) is 27.1. The van der Waals surface area contributed by atoms with Gasteiger partial charge < -0.3 is 11.1 Å². The predicted molar refractivity (Wildman–Crippen MR) is 128 cm³/mol. The molecule has 0 saturated heterocycles. The quantitative estimate of drug-likeness (QED) is 0.171. The van der Waals surface area contributed by atoms with Gasteiger partial charge in [0.1, 0.15) is 27.6 Å². The molecule has 0 bridgehead atoms. The largest absolute Gasteiger partial charge is 0.442 e. The van der Waals surface area contributed by atoms with Crippen molar-refractivity contribution in [2.75, 3.05) is 5.32 Å². The number of amides is 2. The van der Waals surface area contributed by atoms with Crippen molar-refractivity contribution in [1.82, 2.24) is 14.8 Å². The number of fused-ring (bicyclic) bond motifs is 1. The molecule has 200 valence electrons. The van der Waals surface area contributed by atoms with Gasteiger partial charge in [0.2, 0.25) is 11.6 Å². The molecule has 0 atom stereocenters. The molecule has 17 heteroatoms. The number of nitrogens with two attached hydrogens (primary N) is 1. The third-order valence-electron chi connectivity index (χ3n) is 5.32. The van der Waals surface area contributed by atoms with Crippen LogP contribution >= 0.6 is 22.7 Å². The van der Waals surface area contributed by atoms with Crippen molar-refractivity contribution in [1.29, 1.82) is 0 Å². The number of aryl methyl sites for hydroxylation is 1. The average molecular weight is 575 g/mol. The number of thiophene rings is 2. The molecule has 4 rings (SSSR count). The molecule has 10 nitrogen and oxygen atoms in total. The van der Waals surface area contributed by atoms with Gasteiger partial charge in [-0.3, -0.25) is 24.4 Å². The van der Waals surface area contributed by atoms with Crippen LogP contribution in [0.2, 0.25) is 0 Å². The number of carbonyl (C=O) groups excluding carboxylic acids is 2. The van der Waals surface area contributed by atoms with Crippen molar-refractivity contribution >= 4 is 56.1 Å². The highest BCUT2D eigenvalue weighted by atomic mass is 32.1. The summed E-state index contributed by atoms with van der Waals surface area (Å²) < 4.78 is 67.5. The number of primary amides is 1. The Morgan fingerprint density at radius 2 is 1.92 bits per heavy atom. The van der Waals surface area contributed by atoms with Crippen LogP contribution in [0.5, 0.6) is 0 Å². The summed E-state index contributed by atoms with van der Waals surface area (Å²) in [6.45, 7) is 1.89. The number of halogens is 5. The van der Waals surface area contributed by atoms with Crippen molar-refractivity contribution < 1.29 is 36.5 Å². The van der Waals surface area contributed by atoms with Gasteiger partial charge in [-0.15, -0.1) is 22.7 Å². The number of hydrogen-bond acceptors (Lipinski definition) is 8. The molecule has 0 spiro atoms. The fourth-order valence-corrected chi connectivity index (χ4v) is 5.61. The monoisotopic (exact) mass is 574 g/mol. The van der Waals surface area contributed by atoms with Crippen molar-refractivity contribution in [2.45, 2.75) is 33.0 Å². The van der Waals surface area contributed by atoms with Gasteiger partial charge in [0.05, 0.1) is 10.6 Å². The number of anilines is 1. The number of alkyl halides is 5. The first-order valence-corrected chi connectivity index (χ1v) is 12.0. The van der Waals surface area contributed by atoms with E-state index in [4.69, 9.17) is 5.73 Å². The molecule has 0 aliphatic heterocycles. The zero-order valence-corrected chi connectivity index (χ0v) is 20.9. The van der Waals surface area contributed by atoms with Gasteiger partial charge in [0, 0.05) is 20.7 Å². The van der Waals surface area contributed by atoms with Gasteiger partial charge in [-0.25, -0.2) is 13.8 Å². The first-order valence-electron chi connectivity index (χ1n) is 10.4. The number of nitrogens with zero attached hydrogens (tertiary/aromatic N) is 4. The number of pyridine rings is 1. The Morgan fingerprint density at radius 3 is 2.42 bits per heavy atom. The lowest BCUT2D eigenvalue weighted by molar-refractivity contribution is -0.388. The van der Waals surface area contributed by atoms with Crippen LogP contribution in [0, 0.1) is 24.0 Å². The molecule has 0 saturated carbocycles. The Balaban J connectivity index is 1.82. The van der Waals surface area contributed by atoms with Crippen LogP contribution in [0.3, 0.4) is 0 Å². The van der Waals surface area contributed by atoms with Gasteiger partial charge in [-0.05, 0) is 32.0 Å². The van der Waals surface area contributed by atoms with Crippen LogP contribution in [0.25, 0.3) is 20.7 Å². The van der Waals surface area contributed by atoms with Crippen LogP contribution in [-0.4, -0.2) is 31.5 Å². The zero-order valence-electron chi connectivity index (χ0n) is 19.2. The van der Waals surface area contributed by atoms with E-state index in [2.05, 4.69) is 15.4 Å². The normalized spacial score (nSPS) is 11.9. The van der Waals surface area contributed by atoms with Crippen LogP contribution < -0.4 is 11.1 Å². The van der Waals surface area contributed by atoms with Crippen molar-refractivity contribution in [3.05, 3.63) is 55.1 Å². The molecular weight excluding hydrogens is 559 g/mol. The lowest BCUT2D eigenvalue weighted by Crippen LogP contribution is -2.22. The summed E-state index contributed by atoms with van der Waals surface area (Å²) >= 11 is 1.91. The topological polar surface area (TPSA) is 146 Å². The fraction of sp³-hybridized carbons (Fsp3) is 0.238. The Hall–Kier alpha value is -3.99. The van der Waals surface area contributed by atoms with Crippen molar-refractivity contribution in [3.63, 3.8) is 0 Å². The minimum Gasteiger partial charge on any atom is -0.365 e. The smallest absolute Gasteiger partial charge is 0.365 e. The highest BCUT2D eigenvalue weighted by Crippen LogP contribution is 2.44. The molecule has 38 heavy (non-hydrogen) atoms.